The Balaban J connectivity index is 1.90. The van der Waals surface area contributed by atoms with Gasteiger partial charge in [-0.3, -0.25) is 4.79 Å². The molecular weight excluding hydrogens is 314 g/mol. The van der Waals surface area contributed by atoms with Crippen LogP contribution in [0.5, 0.6) is 5.75 Å². The molecule has 122 valence electrons. The van der Waals surface area contributed by atoms with Crippen molar-refractivity contribution in [2.75, 3.05) is 12.9 Å². The van der Waals surface area contributed by atoms with Crippen molar-refractivity contribution in [1.82, 2.24) is 5.32 Å². The predicted octanol–water partition coefficient (Wildman–Crippen LogP) is 2.35. The van der Waals surface area contributed by atoms with Crippen molar-refractivity contribution in [2.45, 2.75) is 17.9 Å². The van der Waals surface area contributed by atoms with Crippen molar-refractivity contribution >= 4 is 15.7 Å². The van der Waals surface area contributed by atoms with Gasteiger partial charge in [-0.2, -0.15) is 0 Å². The van der Waals surface area contributed by atoms with Gasteiger partial charge < -0.3 is 10.1 Å². The predicted molar refractivity (Wildman–Crippen MR) is 88.0 cm³/mol. The Morgan fingerprint density at radius 1 is 1.09 bits per heavy atom. The normalized spacial score (nSPS) is 12.4. The fourth-order valence-electron chi connectivity index (χ4n) is 2.04. The van der Waals surface area contributed by atoms with Crippen LogP contribution in [0, 0.1) is 0 Å². The molecular formula is C17H19NO4S. The summed E-state index contributed by atoms with van der Waals surface area (Å²) in [5.41, 5.74) is 0.825. The Morgan fingerprint density at radius 3 is 2.26 bits per heavy atom. The quantitative estimate of drug-likeness (QED) is 0.881. The monoisotopic (exact) mass is 333 g/mol. The van der Waals surface area contributed by atoms with Gasteiger partial charge in [-0.25, -0.2) is 8.42 Å². The summed E-state index contributed by atoms with van der Waals surface area (Å²) in [5.74, 6) is 0.390. The van der Waals surface area contributed by atoms with Gasteiger partial charge in [0.1, 0.15) is 5.75 Å². The van der Waals surface area contributed by atoms with Gasteiger partial charge in [0.2, 0.25) is 0 Å². The maximum Gasteiger partial charge on any atom is 0.258 e. The summed E-state index contributed by atoms with van der Waals surface area (Å²) in [6.07, 6.45) is 1.16. The molecule has 2 rings (SSSR count). The molecule has 0 radical (unpaired) electrons. The largest absolute Gasteiger partial charge is 0.484 e. The minimum Gasteiger partial charge on any atom is -0.484 e. The molecule has 23 heavy (non-hydrogen) atoms. The number of nitrogens with one attached hydrogen (secondary N) is 1. The Morgan fingerprint density at radius 2 is 1.70 bits per heavy atom. The van der Waals surface area contributed by atoms with Gasteiger partial charge in [-0.15, -0.1) is 0 Å². The number of ether oxygens (including phenoxy) is 1. The molecule has 1 unspecified atom stereocenters. The highest BCUT2D eigenvalue weighted by molar-refractivity contribution is 7.90. The number of sulfone groups is 1. The van der Waals surface area contributed by atoms with Crippen LogP contribution in [0.1, 0.15) is 18.5 Å². The van der Waals surface area contributed by atoms with Crippen molar-refractivity contribution < 1.29 is 17.9 Å². The van der Waals surface area contributed by atoms with Gasteiger partial charge in [0.15, 0.2) is 16.4 Å². The van der Waals surface area contributed by atoms with Crippen LogP contribution in [-0.4, -0.2) is 27.2 Å². The van der Waals surface area contributed by atoms with E-state index in [1.165, 1.54) is 12.1 Å². The van der Waals surface area contributed by atoms with Gasteiger partial charge in [0.05, 0.1) is 10.9 Å². The Bertz CT molecular complexity index is 755. The van der Waals surface area contributed by atoms with Crippen LogP contribution in [0.25, 0.3) is 0 Å². The standard InChI is InChI=1S/C17H19NO4S/c1-13(14-8-10-16(11-9-14)23(2,20)21)18-17(19)12-22-15-6-4-3-5-7-15/h3-11,13H,12H2,1-2H3,(H,18,19). The molecule has 0 bridgehead atoms. The summed E-state index contributed by atoms with van der Waals surface area (Å²) in [7, 11) is -3.21. The van der Waals surface area contributed by atoms with Gasteiger partial charge in [-0.05, 0) is 36.8 Å². The SMILES string of the molecule is CC(NC(=O)COc1ccccc1)c1ccc(S(C)(=O)=O)cc1. The summed E-state index contributed by atoms with van der Waals surface area (Å²) >= 11 is 0. The van der Waals surface area contributed by atoms with E-state index in [4.69, 9.17) is 4.74 Å². The van der Waals surface area contributed by atoms with Crippen LogP contribution in [0.2, 0.25) is 0 Å². The lowest BCUT2D eigenvalue weighted by Crippen LogP contribution is -2.31. The van der Waals surface area contributed by atoms with Crippen LogP contribution in [0.4, 0.5) is 0 Å². The third kappa shape index (κ3) is 5.10. The van der Waals surface area contributed by atoms with E-state index in [1.54, 1.807) is 24.3 Å². The van der Waals surface area contributed by atoms with Gasteiger partial charge >= 0.3 is 0 Å². The van der Waals surface area contributed by atoms with Gasteiger partial charge in [0, 0.05) is 6.26 Å². The van der Waals surface area contributed by atoms with Crippen molar-refractivity contribution in [3.63, 3.8) is 0 Å². The maximum atomic E-state index is 11.9. The van der Waals surface area contributed by atoms with Crippen LogP contribution in [0.15, 0.2) is 59.5 Å². The molecule has 0 aliphatic rings. The van der Waals surface area contributed by atoms with E-state index in [2.05, 4.69) is 5.32 Å². The molecule has 2 aromatic carbocycles. The van der Waals surface area contributed by atoms with Crippen LogP contribution >= 0.6 is 0 Å². The zero-order chi connectivity index (χ0) is 16.9. The molecule has 2 aromatic rings. The van der Waals surface area contributed by atoms with Crippen molar-refractivity contribution in [2.24, 2.45) is 0 Å². The van der Waals surface area contributed by atoms with E-state index in [0.29, 0.717) is 5.75 Å². The zero-order valence-corrected chi connectivity index (χ0v) is 13.8. The molecule has 0 aliphatic heterocycles. The number of carbonyl (C=O) groups excluding carboxylic acids is 1. The lowest BCUT2D eigenvalue weighted by Gasteiger charge is -2.15. The molecule has 0 fully saturated rings. The maximum absolute atomic E-state index is 11.9. The number of carbonyl (C=O) groups is 1. The highest BCUT2D eigenvalue weighted by atomic mass is 32.2. The number of para-hydroxylation sites is 1. The van der Waals surface area contributed by atoms with Crippen molar-refractivity contribution in [1.29, 1.82) is 0 Å². The molecule has 1 N–H and O–H groups in total. The Kier molecular flexibility index (Phi) is 5.39. The third-order valence-electron chi connectivity index (χ3n) is 3.30. The first-order valence-corrected chi connectivity index (χ1v) is 9.02. The molecule has 0 saturated heterocycles. The van der Waals surface area contributed by atoms with Crippen molar-refractivity contribution in [3.8, 4) is 5.75 Å². The van der Waals surface area contributed by atoms with Gasteiger partial charge in [0.25, 0.3) is 5.91 Å². The van der Waals surface area contributed by atoms with E-state index in [0.717, 1.165) is 11.8 Å². The summed E-state index contributed by atoms with van der Waals surface area (Å²) in [6.45, 7) is 1.76. The van der Waals surface area contributed by atoms with Crippen LogP contribution in [0.3, 0.4) is 0 Å². The van der Waals surface area contributed by atoms with Crippen LogP contribution in [-0.2, 0) is 14.6 Å². The molecule has 1 atom stereocenters. The zero-order valence-electron chi connectivity index (χ0n) is 13.0. The minimum atomic E-state index is -3.21. The second-order valence-corrected chi connectivity index (χ2v) is 7.25. The molecule has 0 aliphatic carbocycles. The van der Waals surface area contributed by atoms with E-state index >= 15 is 0 Å². The topological polar surface area (TPSA) is 72.5 Å². The summed E-state index contributed by atoms with van der Waals surface area (Å²) < 4.78 is 28.2. The number of amides is 1. The molecule has 0 spiro atoms. The van der Waals surface area contributed by atoms with Gasteiger partial charge in [-0.1, -0.05) is 30.3 Å². The fourth-order valence-corrected chi connectivity index (χ4v) is 2.67. The number of hydrogen-bond donors (Lipinski definition) is 1. The second-order valence-electron chi connectivity index (χ2n) is 5.23. The van der Waals surface area contributed by atoms with E-state index in [9.17, 15) is 13.2 Å². The highest BCUT2D eigenvalue weighted by Gasteiger charge is 2.12. The highest BCUT2D eigenvalue weighted by Crippen LogP contribution is 2.16. The molecule has 0 aromatic heterocycles. The molecule has 0 saturated carbocycles. The molecule has 0 heterocycles. The molecule has 5 nitrogen and oxygen atoms in total. The fraction of sp³-hybridized carbons (Fsp3) is 0.235. The van der Waals surface area contributed by atoms with Crippen LogP contribution < -0.4 is 10.1 Å². The number of rotatable bonds is 6. The van der Waals surface area contributed by atoms with E-state index in [-0.39, 0.29) is 23.5 Å². The Labute approximate surface area is 136 Å². The summed E-state index contributed by atoms with van der Waals surface area (Å²) in [5, 5.41) is 2.81. The average molecular weight is 333 g/mol. The first-order chi connectivity index (χ1) is 10.9. The average Bonchev–Trinajstić information content (AvgIpc) is 2.53. The Hall–Kier alpha value is -2.34. The summed E-state index contributed by atoms with van der Waals surface area (Å²) in [4.78, 5) is 12.2. The lowest BCUT2D eigenvalue weighted by molar-refractivity contribution is -0.123. The smallest absolute Gasteiger partial charge is 0.258 e. The van der Waals surface area contributed by atoms with E-state index < -0.39 is 9.84 Å². The minimum absolute atomic E-state index is 0.0736. The number of hydrogen-bond acceptors (Lipinski definition) is 4. The van der Waals surface area contributed by atoms with Crippen molar-refractivity contribution in [3.05, 3.63) is 60.2 Å². The van der Waals surface area contributed by atoms with E-state index in [1.807, 2.05) is 25.1 Å². The second kappa shape index (κ2) is 7.28. The first kappa shape index (κ1) is 17.0. The lowest BCUT2D eigenvalue weighted by atomic mass is 10.1. The molecule has 6 heteroatoms. The first-order valence-electron chi connectivity index (χ1n) is 7.13. The summed E-state index contributed by atoms with van der Waals surface area (Å²) in [6, 6.07) is 15.3. The third-order valence-corrected chi connectivity index (χ3v) is 4.43. The molecule has 1 amide bonds. The number of benzene rings is 2.